The van der Waals surface area contributed by atoms with E-state index < -0.39 is 0 Å². The van der Waals surface area contributed by atoms with Crippen LogP contribution in [0.25, 0.3) is 16.7 Å². The maximum absolute atomic E-state index is 9.27. The van der Waals surface area contributed by atoms with Crippen molar-refractivity contribution in [1.82, 2.24) is 4.98 Å². The predicted molar refractivity (Wildman–Crippen MR) is 82.4 cm³/mol. The zero-order valence-electron chi connectivity index (χ0n) is 11.5. The molecule has 4 nitrogen and oxygen atoms in total. The van der Waals surface area contributed by atoms with Gasteiger partial charge in [-0.25, -0.2) is 4.98 Å². The summed E-state index contributed by atoms with van der Waals surface area (Å²) in [4.78, 5) is 4.31. The maximum atomic E-state index is 9.27. The van der Waals surface area contributed by atoms with Gasteiger partial charge in [-0.3, -0.25) is 0 Å². The molecule has 2 aromatic carbocycles. The number of rotatable bonds is 3. The number of nitrogens with one attached hydrogen (secondary N) is 1. The molecule has 0 atom stereocenters. The quantitative estimate of drug-likeness (QED) is 0.730. The van der Waals surface area contributed by atoms with Crippen LogP contribution in [-0.4, -0.2) is 4.98 Å². The van der Waals surface area contributed by atoms with Gasteiger partial charge in [0.25, 0.3) is 0 Å². The summed E-state index contributed by atoms with van der Waals surface area (Å²) in [7, 11) is 0. The van der Waals surface area contributed by atoms with Crippen molar-refractivity contribution in [3.05, 3.63) is 66.2 Å². The third-order valence-electron chi connectivity index (χ3n) is 3.08. The lowest BCUT2D eigenvalue weighted by Gasteiger charge is -2.01. The fourth-order valence-corrected chi connectivity index (χ4v) is 1.93. The van der Waals surface area contributed by atoms with Crippen LogP contribution in [0.2, 0.25) is 0 Å². The second-order valence-corrected chi connectivity index (χ2v) is 4.67. The van der Waals surface area contributed by atoms with E-state index in [0.717, 1.165) is 11.2 Å². The van der Waals surface area contributed by atoms with Crippen molar-refractivity contribution in [3.63, 3.8) is 0 Å². The maximum Gasteiger partial charge on any atom is 0.239 e. The monoisotopic (exact) mass is 275 g/mol. The number of hydrogen-bond acceptors (Lipinski definition) is 4. The molecule has 4 heteroatoms. The first-order valence-corrected chi connectivity index (χ1v) is 6.56. The molecule has 1 N–H and O–H groups in total. The predicted octanol–water partition coefficient (Wildman–Crippen LogP) is 4.11. The lowest BCUT2D eigenvalue weighted by atomic mass is 10.2. The van der Waals surface area contributed by atoms with Crippen LogP contribution < -0.4 is 5.32 Å². The summed E-state index contributed by atoms with van der Waals surface area (Å²) in [5.74, 6) is 0.318. The van der Waals surface area contributed by atoms with Crippen LogP contribution in [0.5, 0.6) is 0 Å². The van der Waals surface area contributed by atoms with E-state index in [1.165, 1.54) is 5.56 Å². The highest BCUT2D eigenvalue weighted by molar-refractivity contribution is 5.80. The molecule has 0 amide bonds. The van der Waals surface area contributed by atoms with E-state index in [2.05, 4.69) is 16.4 Å². The Morgan fingerprint density at radius 1 is 1.19 bits per heavy atom. The summed E-state index contributed by atoms with van der Waals surface area (Å²) >= 11 is 0. The summed E-state index contributed by atoms with van der Waals surface area (Å²) in [6.07, 6.45) is 1.61. The molecule has 0 aliphatic heterocycles. The molecule has 3 aromatic rings. The molecule has 0 aliphatic rings. The summed E-state index contributed by atoms with van der Waals surface area (Å²) in [6.45, 7) is 2.03. The number of nitriles is 1. The molecular formula is C17H13N3O. The van der Waals surface area contributed by atoms with E-state index in [1.54, 1.807) is 6.20 Å². The number of allylic oxidation sites excluding steroid dienone is 1. The van der Waals surface area contributed by atoms with Crippen LogP contribution >= 0.6 is 0 Å². The van der Waals surface area contributed by atoms with Gasteiger partial charge >= 0.3 is 0 Å². The Kier molecular flexibility index (Phi) is 3.40. The smallest absolute Gasteiger partial charge is 0.239 e. The third kappa shape index (κ3) is 2.77. The van der Waals surface area contributed by atoms with Crippen LogP contribution in [0.3, 0.4) is 0 Å². The molecule has 102 valence electrons. The van der Waals surface area contributed by atoms with Gasteiger partial charge in [-0.15, -0.1) is 0 Å². The van der Waals surface area contributed by atoms with Crippen molar-refractivity contribution in [2.24, 2.45) is 0 Å². The number of fused-ring (bicyclic) bond motifs is 1. The number of nitrogens with zero attached hydrogens (tertiary/aromatic N) is 2. The molecule has 21 heavy (non-hydrogen) atoms. The van der Waals surface area contributed by atoms with Gasteiger partial charge in [-0.2, -0.15) is 5.26 Å². The second kappa shape index (κ2) is 5.51. The minimum absolute atomic E-state index is 0.318. The molecule has 0 aliphatic carbocycles. The van der Waals surface area contributed by atoms with Crippen molar-refractivity contribution in [3.8, 4) is 6.07 Å². The standard InChI is InChI=1S/C17H13N3O/c1-12-6-8-14(9-7-12)19-11-13(10-18)17-20-15-4-2-3-5-16(15)21-17/h2-9,11,19H,1H3/b13-11+. The summed E-state index contributed by atoms with van der Waals surface area (Å²) in [5, 5.41) is 12.3. The minimum atomic E-state index is 0.318. The van der Waals surface area contributed by atoms with Gasteiger partial charge in [-0.05, 0) is 31.2 Å². The molecule has 0 bridgehead atoms. The average molecular weight is 275 g/mol. The summed E-state index contributed by atoms with van der Waals surface area (Å²) in [5.41, 5.74) is 3.85. The molecule has 3 rings (SSSR count). The molecule has 0 saturated heterocycles. The molecule has 0 unspecified atom stereocenters. The van der Waals surface area contributed by atoms with Gasteiger partial charge in [0.2, 0.25) is 5.89 Å². The Balaban J connectivity index is 1.89. The molecule has 0 saturated carbocycles. The van der Waals surface area contributed by atoms with Crippen LogP contribution in [0.1, 0.15) is 11.5 Å². The number of aryl methyl sites for hydroxylation is 1. The van der Waals surface area contributed by atoms with E-state index >= 15 is 0 Å². The van der Waals surface area contributed by atoms with Gasteiger partial charge in [0, 0.05) is 11.9 Å². The zero-order valence-corrected chi connectivity index (χ0v) is 11.5. The van der Waals surface area contributed by atoms with Crippen molar-refractivity contribution < 1.29 is 4.42 Å². The third-order valence-corrected chi connectivity index (χ3v) is 3.08. The Morgan fingerprint density at radius 2 is 1.95 bits per heavy atom. The molecular weight excluding hydrogens is 262 g/mol. The highest BCUT2D eigenvalue weighted by atomic mass is 16.3. The van der Waals surface area contributed by atoms with E-state index in [0.29, 0.717) is 17.0 Å². The highest BCUT2D eigenvalue weighted by Gasteiger charge is 2.09. The Morgan fingerprint density at radius 3 is 2.67 bits per heavy atom. The van der Waals surface area contributed by atoms with E-state index in [1.807, 2.05) is 55.5 Å². The largest absolute Gasteiger partial charge is 0.435 e. The second-order valence-electron chi connectivity index (χ2n) is 4.67. The van der Waals surface area contributed by atoms with Crippen LogP contribution in [0.15, 0.2) is 59.1 Å². The minimum Gasteiger partial charge on any atom is -0.435 e. The van der Waals surface area contributed by atoms with Crippen molar-refractivity contribution in [2.45, 2.75) is 6.92 Å². The van der Waals surface area contributed by atoms with E-state index in [-0.39, 0.29) is 0 Å². The van der Waals surface area contributed by atoms with E-state index in [9.17, 15) is 5.26 Å². The first-order valence-electron chi connectivity index (χ1n) is 6.56. The van der Waals surface area contributed by atoms with Crippen molar-refractivity contribution >= 4 is 22.4 Å². The number of anilines is 1. The average Bonchev–Trinajstić information content (AvgIpc) is 2.93. The normalized spacial score (nSPS) is 11.3. The lowest BCUT2D eigenvalue weighted by molar-refractivity contribution is 0.586. The van der Waals surface area contributed by atoms with Crippen LogP contribution in [0.4, 0.5) is 5.69 Å². The number of oxazole rings is 1. The fraction of sp³-hybridized carbons (Fsp3) is 0.0588. The Hall–Kier alpha value is -3.06. The molecule has 1 aromatic heterocycles. The van der Waals surface area contributed by atoms with E-state index in [4.69, 9.17) is 4.42 Å². The van der Waals surface area contributed by atoms with Crippen LogP contribution in [-0.2, 0) is 0 Å². The Bertz CT molecular complexity index is 805. The van der Waals surface area contributed by atoms with Gasteiger partial charge in [0.15, 0.2) is 5.58 Å². The number of hydrogen-bond donors (Lipinski definition) is 1. The molecule has 1 heterocycles. The van der Waals surface area contributed by atoms with Crippen LogP contribution in [0, 0.1) is 18.3 Å². The first-order chi connectivity index (χ1) is 10.3. The van der Waals surface area contributed by atoms with Gasteiger partial charge in [-0.1, -0.05) is 29.8 Å². The van der Waals surface area contributed by atoms with Crippen molar-refractivity contribution in [1.29, 1.82) is 5.26 Å². The molecule has 0 radical (unpaired) electrons. The number of aromatic nitrogens is 1. The number of para-hydroxylation sites is 2. The van der Waals surface area contributed by atoms with Gasteiger partial charge in [0.05, 0.1) is 0 Å². The SMILES string of the molecule is Cc1ccc(N/C=C(\C#N)c2nc3ccccc3o2)cc1. The summed E-state index contributed by atoms with van der Waals surface area (Å²) < 4.78 is 5.59. The topological polar surface area (TPSA) is 61.9 Å². The lowest BCUT2D eigenvalue weighted by Crippen LogP contribution is -1.91. The zero-order chi connectivity index (χ0) is 14.7. The molecule has 0 spiro atoms. The Labute approximate surface area is 122 Å². The van der Waals surface area contributed by atoms with Crippen molar-refractivity contribution in [2.75, 3.05) is 5.32 Å². The van der Waals surface area contributed by atoms with Gasteiger partial charge < -0.3 is 9.73 Å². The van der Waals surface area contributed by atoms with Gasteiger partial charge in [0.1, 0.15) is 17.2 Å². The fourth-order valence-electron chi connectivity index (χ4n) is 1.93. The summed E-state index contributed by atoms with van der Waals surface area (Å²) in [6, 6.07) is 17.4. The highest BCUT2D eigenvalue weighted by Crippen LogP contribution is 2.20. The first kappa shape index (κ1) is 12.9. The molecule has 0 fully saturated rings. The number of benzene rings is 2.